The molecule has 0 N–H and O–H groups in total. The summed E-state index contributed by atoms with van der Waals surface area (Å²) in [5.74, 6) is -0.103. The summed E-state index contributed by atoms with van der Waals surface area (Å²) in [6.45, 7) is 10.5. The summed E-state index contributed by atoms with van der Waals surface area (Å²) in [4.78, 5) is 21.7. The largest absolute Gasteiger partial charge is 0.444 e. The maximum atomic E-state index is 13.4. The van der Waals surface area contributed by atoms with Gasteiger partial charge in [0.15, 0.2) is 0 Å². The van der Waals surface area contributed by atoms with Crippen LogP contribution in [-0.4, -0.2) is 65.5 Å². The Kier molecular flexibility index (Phi) is 7.96. The lowest BCUT2D eigenvalue weighted by Crippen LogP contribution is -2.58. The molecule has 0 aliphatic carbocycles. The van der Waals surface area contributed by atoms with Crippen molar-refractivity contribution in [3.8, 4) is 6.07 Å². The lowest BCUT2D eigenvalue weighted by molar-refractivity contribution is 0.00179. The van der Waals surface area contributed by atoms with E-state index >= 15 is 0 Å². The van der Waals surface area contributed by atoms with E-state index in [4.69, 9.17) is 9.57 Å². The quantitative estimate of drug-likeness (QED) is 0.477. The third-order valence-electron chi connectivity index (χ3n) is 6.37. The van der Waals surface area contributed by atoms with Crippen LogP contribution in [-0.2, 0) is 9.57 Å². The highest BCUT2D eigenvalue weighted by Gasteiger charge is 2.43. The van der Waals surface area contributed by atoms with Crippen molar-refractivity contribution in [2.45, 2.75) is 64.5 Å². The first kappa shape index (κ1) is 25.0. The number of piperidine rings is 2. The number of nitrogens with zero attached hydrogens (tertiary/aromatic N) is 4. The van der Waals surface area contributed by atoms with Crippen molar-refractivity contribution in [2.24, 2.45) is 11.1 Å². The molecule has 0 saturated carbocycles. The number of hydrogen-bond donors (Lipinski definition) is 0. The minimum Gasteiger partial charge on any atom is -0.444 e. The van der Waals surface area contributed by atoms with Crippen molar-refractivity contribution >= 4 is 11.8 Å². The van der Waals surface area contributed by atoms with Gasteiger partial charge in [0.2, 0.25) is 0 Å². The average molecular weight is 459 g/mol. The summed E-state index contributed by atoms with van der Waals surface area (Å²) >= 11 is 0. The van der Waals surface area contributed by atoms with Gasteiger partial charge < -0.3 is 14.5 Å². The van der Waals surface area contributed by atoms with E-state index in [-0.39, 0.29) is 17.8 Å². The third kappa shape index (κ3) is 6.23. The molecule has 0 atom stereocenters. The van der Waals surface area contributed by atoms with Crippen molar-refractivity contribution in [1.82, 2.24) is 9.80 Å². The molecular weight excluding hydrogens is 423 g/mol. The molecule has 0 bridgehead atoms. The molecule has 2 fully saturated rings. The number of ether oxygens (including phenoxy) is 1. The van der Waals surface area contributed by atoms with Gasteiger partial charge in [0, 0.05) is 32.1 Å². The number of halogens is 1. The number of nitriles is 1. The van der Waals surface area contributed by atoms with Gasteiger partial charge >= 0.3 is 6.09 Å². The number of oxime groups is 1. The maximum absolute atomic E-state index is 13.4. The van der Waals surface area contributed by atoms with Gasteiger partial charge in [-0.2, -0.15) is 5.26 Å². The molecule has 2 aliphatic heterocycles. The number of carbonyl (C=O) groups is 1. The highest BCUT2D eigenvalue weighted by atomic mass is 19.1. The molecule has 0 unspecified atom stereocenters. The Bertz CT molecular complexity index is 872. The topological polar surface area (TPSA) is 78.2 Å². The molecule has 1 aromatic carbocycles. The van der Waals surface area contributed by atoms with E-state index in [1.165, 1.54) is 12.1 Å². The number of rotatable bonds is 5. The van der Waals surface area contributed by atoms with Crippen molar-refractivity contribution in [3.63, 3.8) is 0 Å². The van der Waals surface area contributed by atoms with E-state index < -0.39 is 11.1 Å². The van der Waals surface area contributed by atoms with E-state index in [9.17, 15) is 14.4 Å². The Morgan fingerprint density at radius 2 is 1.79 bits per heavy atom. The second-order valence-electron chi connectivity index (χ2n) is 9.77. The molecule has 7 nitrogen and oxygen atoms in total. The number of benzene rings is 1. The third-order valence-corrected chi connectivity index (χ3v) is 6.37. The monoisotopic (exact) mass is 458 g/mol. The summed E-state index contributed by atoms with van der Waals surface area (Å²) in [5.41, 5.74) is 0.594. The molecule has 33 heavy (non-hydrogen) atoms. The lowest BCUT2D eigenvalue weighted by atomic mass is 9.82. The first-order chi connectivity index (χ1) is 15.7. The van der Waals surface area contributed by atoms with Gasteiger partial charge in [0.1, 0.15) is 23.6 Å². The summed E-state index contributed by atoms with van der Waals surface area (Å²) in [6.07, 6.45) is 2.56. The molecule has 2 saturated heterocycles. The van der Waals surface area contributed by atoms with Crippen LogP contribution in [0.15, 0.2) is 29.4 Å². The summed E-state index contributed by atoms with van der Waals surface area (Å²) in [7, 11) is 0. The zero-order valence-corrected chi connectivity index (χ0v) is 20.1. The van der Waals surface area contributed by atoms with E-state index in [1.54, 1.807) is 17.0 Å². The van der Waals surface area contributed by atoms with Gasteiger partial charge in [0.25, 0.3) is 0 Å². The van der Waals surface area contributed by atoms with Gasteiger partial charge in [-0.25, -0.2) is 9.18 Å². The fourth-order valence-electron chi connectivity index (χ4n) is 4.58. The Balaban J connectivity index is 1.63. The fraction of sp³-hybridized carbons (Fsp3) is 0.640. The van der Waals surface area contributed by atoms with E-state index in [2.05, 4.69) is 16.1 Å². The van der Waals surface area contributed by atoms with E-state index in [1.807, 2.05) is 27.7 Å². The Morgan fingerprint density at radius 1 is 1.18 bits per heavy atom. The number of amides is 1. The second kappa shape index (κ2) is 10.5. The zero-order valence-electron chi connectivity index (χ0n) is 20.1. The summed E-state index contributed by atoms with van der Waals surface area (Å²) < 4.78 is 18.9. The molecule has 180 valence electrons. The molecule has 8 heteroatoms. The molecular formula is C25H35FN4O3. The molecule has 0 spiro atoms. The van der Waals surface area contributed by atoms with Crippen LogP contribution in [0.5, 0.6) is 0 Å². The molecule has 3 rings (SSSR count). The van der Waals surface area contributed by atoms with Crippen molar-refractivity contribution in [1.29, 1.82) is 5.26 Å². The predicted octanol–water partition coefficient (Wildman–Crippen LogP) is 4.57. The van der Waals surface area contributed by atoms with Crippen LogP contribution in [0.4, 0.5) is 9.18 Å². The van der Waals surface area contributed by atoms with Gasteiger partial charge in [0.05, 0.1) is 11.8 Å². The normalized spacial score (nSPS) is 20.2. The summed E-state index contributed by atoms with van der Waals surface area (Å²) in [5, 5.41) is 14.4. The second-order valence-corrected chi connectivity index (χ2v) is 9.77. The van der Waals surface area contributed by atoms with Gasteiger partial charge in [-0.05, 0) is 71.1 Å². The maximum Gasteiger partial charge on any atom is 0.410 e. The van der Waals surface area contributed by atoms with Crippen LogP contribution in [0.2, 0.25) is 0 Å². The van der Waals surface area contributed by atoms with Crippen LogP contribution in [0.1, 0.15) is 58.9 Å². The number of hydrogen-bond acceptors (Lipinski definition) is 6. The summed E-state index contributed by atoms with van der Waals surface area (Å²) in [6, 6.07) is 8.92. The SMILES string of the molecule is CCO/N=C(/c1ccc(F)cc1)C1CCN(C2(C#N)CCN(C(=O)OC(C)(C)C)CC2)CC1. The van der Waals surface area contributed by atoms with Crippen molar-refractivity contribution in [3.05, 3.63) is 35.6 Å². The van der Waals surface area contributed by atoms with Crippen molar-refractivity contribution in [2.75, 3.05) is 32.8 Å². The standard InChI is InChI=1S/C25H35FN4O3/c1-5-32-28-22(19-6-8-21(26)9-7-19)20-10-14-30(15-11-20)25(18-27)12-16-29(17-13-25)23(31)33-24(2,3)4/h6-9,20H,5,10-17H2,1-4H3/b28-22-. The Morgan fingerprint density at radius 3 is 2.30 bits per heavy atom. The number of likely N-dealkylation sites (tertiary alicyclic amines) is 2. The minimum atomic E-state index is -0.573. The molecule has 0 radical (unpaired) electrons. The molecule has 1 aromatic rings. The van der Waals surface area contributed by atoms with E-state index in [0.717, 1.165) is 37.2 Å². The van der Waals surface area contributed by atoms with Gasteiger partial charge in [-0.15, -0.1) is 0 Å². The van der Waals surface area contributed by atoms with E-state index in [0.29, 0.717) is 32.5 Å². The first-order valence-electron chi connectivity index (χ1n) is 11.8. The molecule has 2 aliphatic rings. The van der Waals surface area contributed by atoms with Crippen LogP contribution in [0, 0.1) is 23.1 Å². The van der Waals surface area contributed by atoms with Crippen LogP contribution in [0.25, 0.3) is 0 Å². The highest BCUT2D eigenvalue weighted by molar-refractivity contribution is 6.02. The zero-order chi connectivity index (χ0) is 24.1. The average Bonchev–Trinajstić information content (AvgIpc) is 2.80. The highest BCUT2D eigenvalue weighted by Crippen LogP contribution is 2.34. The first-order valence-corrected chi connectivity index (χ1v) is 11.8. The predicted molar refractivity (Wildman–Crippen MR) is 124 cm³/mol. The molecule has 1 amide bonds. The fourth-order valence-corrected chi connectivity index (χ4v) is 4.58. The molecule has 0 aromatic heterocycles. The van der Waals surface area contributed by atoms with Gasteiger partial charge in [-0.1, -0.05) is 17.3 Å². The van der Waals surface area contributed by atoms with Crippen LogP contribution >= 0.6 is 0 Å². The molecule has 2 heterocycles. The Labute approximate surface area is 196 Å². The van der Waals surface area contributed by atoms with Gasteiger partial charge in [-0.3, -0.25) is 4.90 Å². The van der Waals surface area contributed by atoms with Crippen LogP contribution < -0.4 is 0 Å². The smallest absolute Gasteiger partial charge is 0.410 e. The number of carbonyl (C=O) groups excluding carboxylic acids is 1. The minimum absolute atomic E-state index is 0.177. The Hall–Kier alpha value is -2.66. The lowest BCUT2D eigenvalue weighted by Gasteiger charge is -2.47. The van der Waals surface area contributed by atoms with Crippen molar-refractivity contribution < 1.29 is 18.8 Å². The van der Waals surface area contributed by atoms with Crippen LogP contribution in [0.3, 0.4) is 0 Å².